The minimum absolute atomic E-state index is 0.0611. The molecule has 0 radical (unpaired) electrons. The number of nitrogens with zero attached hydrogens (tertiary/aromatic N) is 2. The lowest BCUT2D eigenvalue weighted by molar-refractivity contribution is -0.428. The number of allylic oxidation sites excluding steroid dienone is 3. The van der Waals surface area contributed by atoms with Crippen LogP contribution >= 0.6 is 0 Å². The van der Waals surface area contributed by atoms with Crippen molar-refractivity contribution >= 4 is 29.5 Å². The Morgan fingerprint density at radius 2 is 1.86 bits per heavy atom. The van der Waals surface area contributed by atoms with E-state index in [9.17, 15) is 19.2 Å². The molecule has 2 aromatic rings. The normalized spacial score (nSPS) is 16.6. The second-order valence-corrected chi connectivity index (χ2v) is 8.55. The summed E-state index contributed by atoms with van der Waals surface area (Å²) < 4.78 is 11.8. The summed E-state index contributed by atoms with van der Waals surface area (Å²) in [5.41, 5.74) is 1.30. The SMILES string of the molecule is COc1ccccc1CNC(=O)CCCN1C(=O)C2C=CC=CC2=[N+](CC(=O)NCc2ccco2)C1=O. The van der Waals surface area contributed by atoms with Gasteiger partial charge >= 0.3 is 11.9 Å². The molecule has 4 rings (SSSR count). The van der Waals surface area contributed by atoms with Crippen molar-refractivity contribution in [3.63, 3.8) is 0 Å². The van der Waals surface area contributed by atoms with E-state index in [2.05, 4.69) is 10.6 Å². The van der Waals surface area contributed by atoms with E-state index in [0.29, 0.717) is 23.8 Å². The minimum Gasteiger partial charge on any atom is -0.496 e. The first kappa shape index (κ1) is 25.6. The van der Waals surface area contributed by atoms with Gasteiger partial charge < -0.3 is 19.8 Å². The molecule has 2 N–H and O–H groups in total. The van der Waals surface area contributed by atoms with E-state index >= 15 is 0 Å². The Balaban J connectivity index is 1.35. The first-order chi connectivity index (χ1) is 18.0. The van der Waals surface area contributed by atoms with E-state index in [0.717, 1.165) is 10.5 Å². The molecule has 37 heavy (non-hydrogen) atoms. The Hall–Kier alpha value is -4.47. The molecule has 0 saturated heterocycles. The molecule has 192 valence electrons. The van der Waals surface area contributed by atoms with Crippen LogP contribution in [0.1, 0.15) is 24.2 Å². The van der Waals surface area contributed by atoms with Gasteiger partial charge in [-0.25, -0.2) is 4.79 Å². The first-order valence-corrected chi connectivity index (χ1v) is 12.0. The summed E-state index contributed by atoms with van der Waals surface area (Å²) in [4.78, 5) is 52.4. The third-order valence-corrected chi connectivity index (χ3v) is 6.10. The third-order valence-electron chi connectivity index (χ3n) is 6.10. The fourth-order valence-corrected chi connectivity index (χ4v) is 4.21. The quantitative estimate of drug-likeness (QED) is 0.452. The van der Waals surface area contributed by atoms with E-state index < -0.39 is 11.9 Å². The average Bonchev–Trinajstić information content (AvgIpc) is 3.44. The molecule has 1 aliphatic heterocycles. The lowest BCUT2D eigenvalue weighted by Crippen LogP contribution is -2.56. The van der Waals surface area contributed by atoms with Crippen LogP contribution in [0.4, 0.5) is 4.79 Å². The molecule has 2 aliphatic rings. The van der Waals surface area contributed by atoms with Crippen LogP contribution in [-0.4, -0.2) is 59.1 Å². The molecule has 10 nitrogen and oxygen atoms in total. The van der Waals surface area contributed by atoms with Gasteiger partial charge in [0.05, 0.1) is 26.5 Å². The van der Waals surface area contributed by atoms with Crippen LogP contribution in [0, 0.1) is 5.92 Å². The predicted molar refractivity (Wildman–Crippen MR) is 134 cm³/mol. The van der Waals surface area contributed by atoms with Gasteiger partial charge in [0.25, 0.3) is 5.91 Å². The van der Waals surface area contributed by atoms with Gasteiger partial charge in [0.1, 0.15) is 23.1 Å². The fraction of sp³-hybridized carbons (Fsp3) is 0.296. The number of fused-ring (bicyclic) bond motifs is 1. The van der Waals surface area contributed by atoms with Gasteiger partial charge in [-0.2, -0.15) is 14.3 Å². The van der Waals surface area contributed by atoms with Crippen molar-refractivity contribution in [1.29, 1.82) is 0 Å². The highest BCUT2D eigenvalue weighted by Gasteiger charge is 2.46. The van der Waals surface area contributed by atoms with Crippen molar-refractivity contribution in [2.24, 2.45) is 5.92 Å². The van der Waals surface area contributed by atoms with Crippen molar-refractivity contribution in [3.05, 3.63) is 78.3 Å². The number of benzene rings is 1. The molecule has 0 saturated carbocycles. The van der Waals surface area contributed by atoms with Gasteiger partial charge in [-0.1, -0.05) is 36.4 Å². The summed E-state index contributed by atoms with van der Waals surface area (Å²) in [5.74, 6) is -0.358. The lowest BCUT2D eigenvalue weighted by atomic mass is 9.94. The summed E-state index contributed by atoms with van der Waals surface area (Å²) in [5, 5.41) is 5.56. The number of para-hydroxylation sites is 1. The molecule has 1 atom stereocenters. The maximum atomic E-state index is 13.3. The zero-order valence-electron chi connectivity index (χ0n) is 20.5. The number of hydrogen-bond acceptors (Lipinski definition) is 6. The highest BCUT2D eigenvalue weighted by molar-refractivity contribution is 6.16. The molecule has 10 heteroatoms. The molecular weight excluding hydrogens is 476 g/mol. The van der Waals surface area contributed by atoms with Gasteiger partial charge in [-0.05, 0) is 30.7 Å². The summed E-state index contributed by atoms with van der Waals surface area (Å²) in [6, 6.07) is 10.3. The maximum Gasteiger partial charge on any atom is 0.501 e. The number of urea groups is 1. The molecular formula is C27H29N4O6+. The van der Waals surface area contributed by atoms with Gasteiger partial charge in [0.15, 0.2) is 6.54 Å². The van der Waals surface area contributed by atoms with Crippen LogP contribution in [0.5, 0.6) is 5.75 Å². The summed E-state index contributed by atoms with van der Waals surface area (Å²) >= 11 is 0. The Morgan fingerprint density at radius 3 is 2.65 bits per heavy atom. The average molecular weight is 506 g/mol. The van der Waals surface area contributed by atoms with Gasteiger partial charge in [0.2, 0.25) is 5.91 Å². The fourth-order valence-electron chi connectivity index (χ4n) is 4.21. The maximum absolute atomic E-state index is 13.3. The zero-order chi connectivity index (χ0) is 26.2. The highest BCUT2D eigenvalue weighted by Crippen LogP contribution is 2.20. The Morgan fingerprint density at radius 1 is 1.05 bits per heavy atom. The standard InChI is InChI=1S/C27H28N4O6/c1-36-23-12-5-2-8-19(23)16-28-24(32)13-6-14-30-26(34)21-10-3-4-11-22(21)31(27(30)35)18-25(33)29-17-20-9-7-15-37-20/h2-5,7-12,15,21H,6,13-14,16-18H2,1H3,(H-,28,29,32,33)/p+1. The van der Waals surface area contributed by atoms with Gasteiger partial charge in [-0.15, -0.1) is 0 Å². The molecule has 0 bridgehead atoms. The summed E-state index contributed by atoms with van der Waals surface area (Å²) in [6.45, 7) is 0.316. The van der Waals surface area contributed by atoms with Crippen LogP contribution in [-0.2, 0) is 27.5 Å². The third kappa shape index (κ3) is 6.21. The molecule has 1 aliphatic carbocycles. The van der Waals surface area contributed by atoms with Gasteiger partial charge in [0, 0.05) is 18.5 Å². The largest absolute Gasteiger partial charge is 0.501 e. The number of methoxy groups -OCH3 is 1. The number of nitrogens with one attached hydrogen (secondary N) is 2. The van der Waals surface area contributed by atoms with E-state index in [1.807, 2.05) is 24.3 Å². The number of imide groups is 1. The monoisotopic (exact) mass is 505 g/mol. The minimum atomic E-state index is -0.667. The molecule has 1 aromatic heterocycles. The highest BCUT2D eigenvalue weighted by atomic mass is 16.5. The number of hydrogen-bond donors (Lipinski definition) is 2. The number of rotatable bonds is 11. The summed E-state index contributed by atoms with van der Waals surface area (Å²) in [7, 11) is 1.57. The van der Waals surface area contributed by atoms with Crippen molar-refractivity contribution < 1.29 is 32.9 Å². The second kappa shape index (κ2) is 12.0. The van der Waals surface area contributed by atoms with Crippen molar-refractivity contribution in [3.8, 4) is 5.75 Å². The van der Waals surface area contributed by atoms with Crippen LogP contribution in [0.25, 0.3) is 0 Å². The smallest absolute Gasteiger partial charge is 0.496 e. The van der Waals surface area contributed by atoms with Crippen LogP contribution in [0.2, 0.25) is 0 Å². The molecule has 1 aromatic carbocycles. The predicted octanol–water partition coefficient (Wildman–Crippen LogP) is 2.16. The van der Waals surface area contributed by atoms with E-state index in [1.165, 1.54) is 10.8 Å². The molecule has 0 fully saturated rings. The van der Waals surface area contributed by atoms with E-state index in [4.69, 9.17) is 9.15 Å². The molecule has 0 spiro atoms. The van der Waals surface area contributed by atoms with Crippen LogP contribution in [0.15, 0.2) is 71.4 Å². The number of carbonyl (C=O) groups is 4. The lowest BCUT2D eigenvalue weighted by Gasteiger charge is -2.26. The number of amides is 5. The topological polar surface area (TPSA) is 121 Å². The number of furan rings is 1. The van der Waals surface area contributed by atoms with E-state index in [-0.39, 0.29) is 50.2 Å². The van der Waals surface area contributed by atoms with E-state index in [1.54, 1.807) is 43.5 Å². The van der Waals surface area contributed by atoms with Crippen molar-refractivity contribution in [2.45, 2.75) is 25.9 Å². The Kier molecular flexibility index (Phi) is 8.29. The number of carbonyl (C=O) groups excluding carboxylic acids is 4. The first-order valence-electron chi connectivity index (χ1n) is 12.0. The Labute approximate surface area is 214 Å². The van der Waals surface area contributed by atoms with Crippen LogP contribution in [0.3, 0.4) is 0 Å². The number of ether oxygens (including phenoxy) is 1. The van der Waals surface area contributed by atoms with Crippen LogP contribution < -0.4 is 15.4 Å². The van der Waals surface area contributed by atoms with Gasteiger partial charge in [-0.3, -0.25) is 9.59 Å². The molecule has 5 amide bonds. The molecule has 2 heterocycles. The Bertz CT molecular complexity index is 1260. The summed E-state index contributed by atoms with van der Waals surface area (Å²) in [6.07, 6.45) is 8.76. The zero-order valence-corrected chi connectivity index (χ0v) is 20.5. The van der Waals surface area contributed by atoms with Crippen molar-refractivity contribution in [1.82, 2.24) is 15.5 Å². The molecule has 1 unspecified atom stereocenters. The van der Waals surface area contributed by atoms with Crippen molar-refractivity contribution in [2.75, 3.05) is 20.2 Å². The second-order valence-electron chi connectivity index (χ2n) is 8.55.